The van der Waals surface area contributed by atoms with Crippen molar-refractivity contribution < 1.29 is 9.53 Å². The van der Waals surface area contributed by atoms with Crippen molar-refractivity contribution in [2.24, 2.45) is 0 Å². The molecule has 2 rings (SSSR count). The normalized spacial score (nSPS) is 25.1. The lowest BCUT2D eigenvalue weighted by atomic mass is 10.1. The summed E-state index contributed by atoms with van der Waals surface area (Å²) in [6.45, 7) is 0.828. The van der Waals surface area contributed by atoms with E-state index < -0.39 is 4.87 Å². The number of carbonyl (C=O) groups excluding carboxylic acids is 1. The fraction of sp³-hybridized carbons (Fsp3) is 0.364. The summed E-state index contributed by atoms with van der Waals surface area (Å²) in [5, 5.41) is 3.23. The summed E-state index contributed by atoms with van der Waals surface area (Å²) in [6, 6.07) is 9.69. The summed E-state index contributed by atoms with van der Waals surface area (Å²) < 4.78 is 4.87. The predicted octanol–water partition coefficient (Wildman–Crippen LogP) is 1.35. The van der Waals surface area contributed by atoms with E-state index in [-0.39, 0.29) is 5.97 Å². The number of ether oxygens (including phenoxy) is 1. The monoisotopic (exact) mass is 223 g/mol. The molecule has 1 aliphatic rings. The van der Waals surface area contributed by atoms with E-state index in [1.54, 1.807) is 11.8 Å². The Balaban J connectivity index is 2.39. The molecule has 0 amide bonds. The van der Waals surface area contributed by atoms with Gasteiger partial charge in [0.2, 0.25) is 0 Å². The van der Waals surface area contributed by atoms with Crippen LogP contribution in [0, 0.1) is 0 Å². The van der Waals surface area contributed by atoms with E-state index in [9.17, 15) is 4.79 Å². The SMILES string of the molecule is COC(=O)[C@@]1(c2ccccc2)NCCS1. The third kappa shape index (κ3) is 1.75. The molecule has 1 aliphatic heterocycles. The third-order valence-electron chi connectivity index (χ3n) is 2.45. The highest BCUT2D eigenvalue weighted by atomic mass is 32.2. The zero-order valence-electron chi connectivity index (χ0n) is 8.53. The van der Waals surface area contributed by atoms with Gasteiger partial charge in [-0.15, -0.1) is 11.8 Å². The maximum absolute atomic E-state index is 11.8. The molecule has 0 saturated carbocycles. The Kier molecular flexibility index (Phi) is 2.98. The summed E-state index contributed by atoms with van der Waals surface area (Å²) in [7, 11) is 1.42. The van der Waals surface area contributed by atoms with E-state index in [0.29, 0.717) is 0 Å². The van der Waals surface area contributed by atoms with Crippen LogP contribution in [0.1, 0.15) is 5.56 Å². The molecule has 1 N–H and O–H groups in total. The maximum Gasteiger partial charge on any atom is 0.341 e. The van der Waals surface area contributed by atoms with E-state index in [0.717, 1.165) is 17.9 Å². The number of thioether (sulfide) groups is 1. The number of methoxy groups -OCH3 is 1. The second-order valence-corrected chi connectivity index (χ2v) is 4.62. The number of hydrogen-bond acceptors (Lipinski definition) is 4. The fourth-order valence-corrected chi connectivity index (χ4v) is 2.95. The quantitative estimate of drug-likeness (QED) is 0.768. The van der Waals surface area contributed by atoms with Crippen molar-refractivity contribution in [3.8, 4) is 0 Å². The van der Waals surface area contributed by atoms with Gasteiger partial charge in [-0.25, -0.2) is 4.79 Å². The molecule has 0 unspecified atom stereocenters. The average molecular weight is 223 g/mol. The molecule has 1 atom stereocenters. The Morgan fingerprint density at radius 1 is 1.47 bits per heavy atom. The highest BCUT2D eigenvalue weighted by Gasteiger charge is 2.44. The van der Waals surface area contributed by atoms with Gasteiger partial charge in [0.05, 0.1) is 7.11 Å². The zero-order chi connectivity index (χ0) is 10.7. The first kappa shape index (κ1) is 10.5. The molecule has 0 aromatic heterocycles. The summed E-state index contributed by atoms with van der Waals surface area (Å²) in [6.07, 6.45) is 0. The topological polar surface area (TPSA) is 38.3 Å². The van der Waals surface area contributed by atoms with Crippen LogP contribution in [0.3, 0.4) is 0 Å². The van der Waals surface area contributed by atoms with E-state index >= 15 is 0 Å². The molecular formula is C11H13NO2S. The van der Waals surface area contributed by atoms with E-state index in [1.807, 2.05) is 30.3 Å². The van der Waals surface area contributed by atoms with Crippen molar-refractivity contribution in [1.82, 2.24) is 5.32 Å². The van der Waals surface area contributed by atoms with E-state index in [4.69, 9.17) is 4.74 Å². The minimum absolute atomic E-state index is 0.226. The molecule has 3 nitrogen and oxygen atoms in total. The number of rotatable bonds is 2. The van der Waals surface area contributed by atoms with Gasteiger partial charge in [-0.3, -0.25) is 5.32 Å². The minimum atomic E-state index is -0.698. The first-order valence-corrected chi connectivity index (χ1v) is 5.81. The fourth-order valence-electron chi connectivity index (χ4n) is 1.73. The number of esters is 1. The molecule has 1 saturated heterocycles. The molecule has 80 valence electrons. The van der Waals surface area contributed by atoms with Crippen LogP contribution in [0.5, 0.6) is 0 Å². The molecule has 0 aliphatic carbocycles. The van der Waals surface area contributed by atoms with Crippen molar-refractivity contribution in [1.29, 1.82) is 0 Å². The predicted molar refractivity (Wildman–Crippen MR) is 60.6 cm³/mol. The summed E-state index contributed by atoms with van der Waals surface area (Å²) >= 11 is 1.59. The Hall–Kier alpha value is -1.00. The molecule has 15 heavy (non-hydrogen) atoms. The van der Waals surface area contributed by atoms with Gasteiger partial charge in [0.25, 0.3) is 0 Å². The standard InChI is InChI=1S/C11H13NO2S/c1-14-10(13)11(12-7-8-15-11)9-5-3-2-4-6-9/h2-6,12H,7-8H2,1H3/t11-/m0/s1. The smallest absolute Gasteiger partial charge is 0.341 e. The van der Waals surface area contributed by atoms with Crippen LogP contribution >= 0.6 is 11.8 Å². The molecule has 4 heteroatoms. The second-order valence-electron chi connectivity index (χ2n) is 3.31. The van der Waals surface area contributed by atoms with Crippen molar-refractivity contribution in [3.05, 3.63) is 35.9 Å². The van der Waals surface area contributed by atoms with Crippen LogP contribution in [0.4, 0.5) is 0 Å². The van der Waals surface area contributed by atoms with E-state index in [2.05, 4.69) is 5.32 Å². The highest BCUT2D eigenvalue weighted by molar-refractivity contribution is 8.01. The van der Waals surface area contributed by atoms with Gasteiger partial charge < -0.3 is 4.74 Å². The van der Waals surface area contributed by atoms with Crippen LogP contribution in [0.25, 0.3) is 0 Å². The van der Waals surface area contributed by atoms with Crippen LogP contribution in [-0.4, -0.2) is 25.4 Å². The molecule has 1 heterocycles. The van der Waals surface area contributed by atoms with Crippen molar-refractivity contribution in [2.75, 3.05) is 19.4 Å². The minimum Gasteiger partial charge on any atom is -0.467 e. The largest absolute Gasteiger partial charge is 0.467 e. The van der Waals surface area contributed by atoms with Gasteiger partial charge in [-0.1, -0.05) is 30.3 Å². The summed E-state index contributed by atoms with van der Waals surface area (Å²) in [5.41, 5.74) is 0.958. The first-order valence-electron chi connectivity index (χ1n) is 4.82. The lowest BCUT2D eigenvalue weighted by molar-refractivity contribution is -0.144. The molecule has 0 radical (unpaired) electrons. The van der Waals surface area contributed by atoms with Crippen LogP contribution in [-0.2, 0) is 14.4 Å². The average Bonchev–Trinajstić information content (AvgIpc) is 2.79. The Morgan fingerprint density at radius 3 is 2.73 bits per heavy atom. The van der Waals surface area contributed by atoms with Gasteiger partial charge >= 0.3 is 5.97 Å². The van der Waals surface area contributed by atoms with Crippen LogP contribution in [0.15, 0.2) is 30.3 Å². The van der Waals surface area contributed by atoms with Crippen molar-refractivity contribution in [3.63, 3.8) is 0 Å². The summed E-state index contributed by atoms with van der Waals surface area (Å²) in [5.74, 6) is 0.695. The van der Waals surface area contributed by atoms with Crippen LogP contribution < -0.4 is 5.32 Å². The number of nitrogens with one attached hydrogen (secondary N) is 1. The Labute approximate surface area is 93.2 Å². The lowest BCUT2D eigenvalue weighted by Gasteiger charge is -2.25. The zero-order valence-corrected chi connectivity index (χ0v) is 9.34. The molecule has 1 aromatic carbocycles. The maximum atomic E-state index is 11.8. The Morgan fingerprint density at radius 2 is 2.20 bits per heavy atom. The third-order valence-corrected chi connectivity index (χ3v) is 3.84. The molecule has 0 bridgehead atoms. The number of carbonyl (C=O) groups is 1. The Bertz CT molecular complexity index is 347. The first-order chi connectivity index (χ1) is 7.29. The second kappa shape index (κ2) is 4.24. The number of hydrogen-bond donors (Lipinski definition) is 1. The van der Waals surface area contributed by atoms with Gasteiger partial charge in [0.15, 0.2) is 4.87 Å². The highest BCUT2D eigenvalue weighted by Crippen LogP contribution is 2.38. The molecular weight excluding hydrogens is 210 g/mol. The van der Waals surface area contributed by atoms with Crippen LogP contribution in [0.2, 0.25) is 0 Å². The van der Waals surface area contributed by atoms with Gasteiger partial charge in [-0.2, -0.15) is 0 Å². The van der Waals surface area contributed by atoms with Gasteiger partial charge in [0, 0.05) is 12.3 Å². The molecule has 0 spiro atoms. The van der Waals surface area contributed by atoms with E-state index in [1.165, 1.54) is 7.11 Å². The van der Waals surface area contributed by atoms with Gasteiger partial charge in [-0.05, 0) is 5.56 Å². The van der Waals surface area contributed by atoms with Gasteiger partial charge in [0.1, 0.15) is 0 Å². The lowest BCUT2D eigenvalue weighted by Crippen LogP contribution is -2.43. The molecule has 1 fully saturated rings. The summed E-state index contributed by atoms with van der Waals surface area (Å²) in [4.78, 5) is 11.1. The van der Waals surface area contributed by atoms with Crippen molar-refractivity contribution in [2.45, 2.75) is 4.87 Å². The molecule has 1 aromatic rings. The number of benzene rings is 1. The van der Waals surface area contributed by atoms with Crippen molar-refractivity contribution >= 4 is 17.7 Å².